The summed E-state index contributed by atoms with van der Waals surface area (Å²) in [6, 6.07) is 7.83. The van der Waals surface area contributed by atoms with Crippen molar-refractivity contribution >= 4 is 17.5 Å². The zero-order valence-corrected chi connectivity index (χ0v) is 15.3. The van der Waals surface area contributed by atoms with Crippen LogP contribution in [0.15, 0.2) is 36.9 Å². The van der Waals surface area contributed by atoms with Crippen LogP contribution in [-0.2, 0) is 20.7 Å². The monoisotopic (exact) mass is 356 g/mol. The molecule has 1 unspecified atom stereocenters. The average Bonchev–Trinajstić information content (AvgIpc) is 3.12. The molecule has 0 bridgehead atoms. The number of aryl methyl sites for hydroxylation is 1. The van der Waals surface area contributed by atoms with Gasteiger partial charge >= 0.3 is 0 Å². The van der Waals surface area contributed by atoms with E-state index in [1.165, 1.54) is 18.9 Å². The molecule has 5 nitrogen and oxygen atoms in total. The van der Waals surface area contributed by atoms with E-state index in [1.54, 1.807) is 0 Å². The number of ether oxygens (including phenoxy) is 1. The largest absolute Gasteiger partial charge is 0.381 e. The van der Waals surface area contributed by atoms with Crippen LogP contribution in [0.1, 0.15) is 44.1 Å². The normalized spacial score (nSPS) is 21.3. The highest BCUT2D eigenvalue weighted by Gasteiger charge is 2.44. The predicted molar refractivity (Wildman–Crippen MR) is 102 cm³/mol. The van der Waals surface area contributed by atoms with Crippen molar-refractivity contribution in [3.8, 4) is 0 Å². The number of hydrogen-bond donors (Lipinski definition) is 2. The first-order valence-electron chi connectivity index (χ1n) is 9.51. The van der Waals surface area contributed by atoms with Crippen LogP contribution in [-0.4, -0.2) is 31.1 Å². The van der Waals surface area contributed by atoms with E-state index in [9.17, 15) is 9.59 Å². The molecule has 1 saturated heterocycles. The first-order chi connectivity index (χ1) is 12.6. The second kappa shape index (κ2) is 8.49. The number of amides is 2. The minimum atomic E-state index is -0.227. The van der Waals surface area contributed by atoms with Gasteiger partial charge in [0.25, 0.3) is 0 Å². The number of anilines is 1. The van der Waals surface area contributed by atoms with E-state index in [0.717, 1.165) is 43.7 Å². The van der Waals surface area contributed by atoms with Gasteiger partial charge in [-0.1, -0.05) is 31.6 Å². The summed E-state index contributed by atoms with van der Waals surface area (Å²) in [4.78, 5) is 23.7. The third-order valence-corrected chi connectivity index (χ3v) is 5.66. The number of hydrogen-bond acceptors (Lipinski definition) is 3. The summed E-state index contributed by atoms with van der Waals surface area (Å²) < 4.78 is 5.71. The smallest absolute Gasteiger partial charge is 0.247 e. The predicted octanol–water partition coefficient (Wildman–Crippen LogP) is 3.21. The van der Waals surface area contributed by atoms with Gasteiger partial charge in [0, 0.05) is 30.2 Å². The van der Waals surface area contributed by atoms with Crippen LogP contribution in [0.3, 0.4) is 0 Å². The third kappa shape index (κ3) is 4.52. The molecule has 5 heteroatoms. The molecule has 1 spiro atoms. The Kier molecular flexibility index (Phi) is 6.09. The van der Waals surface area contributed by atoms with Crippen LogP contribution in [0, 0.1) is 5.41 Å². The molecule has 0 aromatic heterocycles. The minimum absolute atomic E-state index is 0.118. The molecule has 2 N–H and O–H groups in total. The van der Waals surface area contributed by atoms with E-state index in [-0.39, 0.29) is 23.3 Å². The Morgan fingerprint density at radius 2 is 1.96 bits per heavy atom. The van der Waals surface area contributed by atoms with Gasteiger partial charge in [0.2, 0.25) is 11.8 Å². The van der Waals surface area contributed by atoms with Gasteiger partial charge in [-0.15, -0.1) is 0 Å². The molecule has 140 valence electrons. The summed E-state index contributed by atoms with van der Waals surface area (Å²) >= 11 is 0. The molecule has 1 saturated carbocycles. The van der Waals surface area contributed by atoms with Crippen molar-refractivity contribution in [3.05, 3.63) is 42.5 Å². The standard InChI is InChI=1S/C21H28N2O3/c1-2-19(24)22-17-8-5-16(6-9-17)7-10-20(25)23-18-11-14-26-15-21(18)12-3-4-13-21/h2,5-6,8-9,18H,1,3-4,7,10-15H2,(H,22,24)(H,23,25). The second-order valence-corrected chi connectivity index (χ2v) is 7.42. The zero-order valence-electron chi connectivity index (χ0n) is 15.3. The SMILES string of the molecule is C=CC(=O)Nc1ccc(CCC(=O)NC2CCOCC23CCCC3)cc1. The Morgan fingerprint density at radius 3 is 2.65 bits per heavy atom. The van der Waals surface area contributed by atoms with Crippen molar-refractivity contribution in [2.45, 2.75) is 51.0 Å². The molecule has 1 heterocycles. The van der Waals surface area contributed by atoms with Crippen LogP contribution < -0.4 is 10.6 Å². The molecule has 1 atom stereocenters. The van der Waals surface area contributed by atoms with Crippen molar-refractivity contribution in [2.24, 2.45) is 5.41 Å². The molecule has 1 aromatic rings. The Labute approximate surface area is 155 Å². The van der Waals surface area contributed by atoms with Crippen LogP contribution >= 0.6 is 0 Å². The fourth-order valence-corrected chi connectivity index (χ4v) is 4.15. The Balaban J connectivity index is 1.49. The number of rotatable bonds is 6. The van der Waals surface area contributed by atoms with E-state index in [0.29, 0.717) is 12.8 Å². The maximum atomic E-state index is 12.5. The molecule has 0 radical (unpaired) electrons. The Hall–Kier alpha value is -2.14. The van der Waals surface area contributed by atoms with Crippen LogP contribution in [0.25, 0.3) is 0 Å². The first kappa shape index (κ1) is 18.6. The van der Waals surface area contributed by atoms with Crippen molar-refractivity contribution in [2.75, 3.05) is 18.5 Å². The molecule has 2 fully saturated rings. The van der Waals surface area contributed by atoms with Gasteiger partial charge in [0.15, 0.2) is 0 Å². The summed E-state index contributed by atoms with van der Waals surface area (Å²) in [5.74, 6) is -0.110. The number of benzene rings is 1. The van der Waals surface area contributed by atoms with Crippen molar-refractivity contribution in [1.29, 1.82) is 0 Å². The molecule has 2 amide bonds. The first-order valence-corrected chi connectivity index (χ1v) is 9.51. The van der Waals surface area contributed by atoms with E-state index in [1.807, 2.05) is 24.3 Å². The fourth-order valence-electron chi connectivity index (χ4n) is 4.15. The second-order valence-electron chi connectivity index (χ2n) is 7.42. The maximum Gasteiger partial charge on any atom is 0.247 e. The molecule has 3 rings (SSSR count). The highest BCUT2D eigenvalue weighted by atomic mass is 16.5. The van der Waals surface area contributed by atoms with Gasteiger partial charge in [-0.05, 0) is 49.5 Å². The van der Waals surface area contributed by atoms with E-state index < -0.39 is 0 Å². The lowest BCUT2D eigenvalue weighted by atomic mass is 9.76. The summed E-state index contributed by atoms with van der Waals surface area (Å²) in [5.41, 5.74) is 1.98. The number of carbonyl (C=O) groups is 2. The van der Waals surface area contributed by atoms with Gasteiger partial charge in [-0.3, -0.25) is 9.59 Å². The van der Waals surface area contributed by atoms with Crippen molar-refractivity contribution in [3.63, 3.8) is 0 Å². The van der Waals surface area contributed by atoms with Gasteiger partial charge in [-0.25, -0.2) is 0 Å². The van der Waals surface area contributed by atoms with Crippen molar-refractivity contribution in [1.82, 2.24) is 5.32 Å². The number of nitrogens with one attached hydrogen (secondary N) is 2. The van der Waals surface area contributed by atoms with Crippen molar-refractivity contribution < 1.29 is 14.3 Å². The molecule has 2 aliphatic rings. The molecule has 1 aromatic carbocycles. The maximum absolute atomic E-state index is 12.5. The Bertz CT molecular complexity index is 648. The molecular formula is C21H28N2O3. The topological polar surface area (TPSA) is 67.4 Å². The van der Waals surface area contributed by atoms with Gasteiger partial charge in [0.1, 0.15) is 0 Å². The van der Waals surface area contributed by atoms with Crippen LogP contribution in [0.4, 0.5) is 5.69 Å². The quantitative estimate of drug-likeness (QED) is 0.769. The highest BCUT2D eigenvalue weighted by molar-refractivity contribution is 5.98. The lowest BCUT2D eigenvalue weighted by molar-refractivity contribution is -0.125. The molecule has 1 aliphatic heterocycles. The summed E-state index contributed by atoms with van der Waals surface area (Å²) in [6.07, 6.45) is 8.14. The minimum Gasteiger partial charge on any atom is -0.381 e. The van der Waals surface area contributed by atoms with E-state index in [2.05, 4.69) is 17.2 Å². The number of carbonyl (C=O) groups excluding carboxylic acids is 2. The zero-order chi connectivity index (χ0) is 18.4. The van der Waals surface area contributed by atoms with Gasteiger partial charge in [0.05, 0.1) is 6.61 Å². The van der Waals surface area contributed by atoms with Gasteiger partial charge in [-0.2, -0.15) is 0 Å². The summed E-state index contributed by atoms with van der Waals surface area (Å²) in [7, 11) is 0. The van der Waals surface area contributed by atoms with E-state index in [4.69, 9.17) is 4.74 Å². The Morgan fingerprint density at radius 1 is 1.23 bits per heavy atom. The molecule has 1 aliphatic carbocycles. The highest BCUT2D eigenvalue weighted by Crippen LogP contribution is 2.44. The fraction of sp³-hybridized carbons (Fsp3) is 0.524. The summed E-state index contributed by atoms with van der Waals surface area (Å²) in [5, 5.41) is 6.00. The van der Waals surface area contributed by atoms with Crippen LogP contribution in [0.2, 0.25) is 0 Å². The summed E-state index contributed by atoms with van der Waals surface area (Å²) in [6.45, 7) is 4.96. The molecule has 26 heavy (non-hydrogen) atoms. The lowest BCUT2D eigenvalue weighted by Crippen LogP contribution is -2.52. The van der Waals surface area contributed by atoms with E-state index >= 15 is 0 Å². The lowest BCUT2D eigenvalue weighted by Gasteiger charge is -2.41. The average molecular weight is 356 g/mol. The molecular weight excluding hydrogens is 328 g/mol. The van der Waals surface area contributed by atoms with Crippen LogP contribution in [0.5, 0.6) is 0 Å². The third-order valence-electron chi connectivity index (χ3n) is 5.66. The van der Waals surface area contributed by atoms with Gasteiger partial charge < -0.3 is 15.4 Å².